The minimum atomic E-state index is -3.45. The fourth-order valence-electron chi connectivity index (χ4n) is 3.24. The molecule has 2 heterocycles. The molecule has 10 heteroatoms. The van der Waals surface area contributed by atoms with E-state index in [-0.39, 0.29) is 36.8 Å². The van der Waals surface area contributed by atoms with Gasteiger partial charge in [-0.1, -0.05) is 17.7 Å². The topological polar surface area (TPSA) is 81.8 Å². The highest BCUT2D eigenvalue weighted by molar-refractivity contribution is 7.89. The summed E-state index contributed by atoms with van der Waals surface area (Å²) in [6.45, 7) is 6.00. The number of carbonyl (C=O) groups excluding carboxylic acids is 1. The van der Waals surface area contributed by atoms with Gasteiger partial charge in [-0.15, -0.1) is 24.8 Å². The predicted molar refractivity (Wildman–Crippen MR) is 110 cm³/mol. The first-order chi connectivity index (χ1) is 11.9. The number of carbonyl (C=O) groups is 1. The Bertz CT molecular complexity index is 701. The van der Waals surface area contributed by atoms with Crippen molar-refractivity contribution in [1.29, 1.82) is 0 Å². The van der Waals surface area contributed by atoms with Crippen LogP contribution in [-0.2, 0) is 14.8 Å². The van der Waals surface area contributed by atoms with E-state index in [2.05, 4.69) is 10.6 Å². The van der Waals surface area contributed by atoms with Gasteiger partial charge in [0.05, 0.1) is 11.4 Å². The Hall–Kier alpha value is -0.900. The number of hydrogen-bond donors (Lipinski definition) is 2. The van der Waals surface area contributed by atoms with E-state index in [0.29, 0.717) is 37.6 Å². The number of halogens is 2. The highest BCUT2D eigenvalue weighted by Crippen LogP contribution is 2.18. The first kappa shape index (κ1) is 24.1. The van der Waals surface area contributed by atoms with Crippen molar-refractivity contribution in [2.75, 3.05) is 45.8 Å². The summed E-state index contributed by atoms with van der Waals surface area (Å²) in [7, 11) is -3.45. The number of piperazine rings is 1. The van der Waals surface area contributed by atoms with Crippen LogP contribution in [0.3, 0.4) is 0 Å². The summed E-state index contributed by atoms with van der Waals surface area (Å²) >= 11 is 0. The number of nitrogens with one attached hydrogen (secondary N) is 2. The van der Waals surface area contributed by atoms with E-state index in [0.717, 1.165) is 25.1 Å². The van der Waals surface area contributed by atoms with Crippen LogP contribution in [-0.4, -0.2) is 75.4 Å². The molecule has 7 nitrogen and oxygen atoms in total. The lowest BCUT2D eigenvalue weighted by Crippen LogP contribution is -2.51. The second-order valence-corrected chi connectivity index (χ2v) is 8.69. The van der Waals surface area contributed by atoms with Gasteiger partial charge in [-0.05, 0) is 32.0 Å². The van der Waals surface area contributed by atoms with E-state index in [1.807, 2.05) is 24.0 Å². The summed E-state index contributed by atoms with van der Waals surface area (Å²) in [4.78, 5) is 14.4. The molecule has 3 rings (SSSR count). The molecule has 2 aliphatic rings. The van der Waals surface area contributed by atoms with Crippen molar-refractivity contribution in [2.45, 2.75) is 24.3 Å². The minimum absolute atomic E-state index is 0. The maximum Gasteiger partial charge on any atom is 0.243 e. The maximum absolute atomic E-state index is 12.7. The maximum atomic E-state index is 12.7. The quantitative estimate of drug-likeness (QED) is 0.703. The molecule has 2 aliphatic heterocycles. The molecule has 1 unspecified atom stereocenters. The number of amides is 1. The van der Waals surface area contributed by atoms with Crippen LogP contribution in [0.1, 0.15) is 12.0 Å². The molecule has 0 spiro atoms. The van der Waals surface area contributed by atoms with E-state index < -0.39 is 10.0 Å². The number of aryl methyl sites for hydroxylation is 1. The van der Waals surface area contributed by atoms with Crippen LogP contribution in [0.4, 0.5) is 0 Å². The summed E-state index contributed by atoms with van der Waals surface area (Å²) in [6, 6.07) is 7.15. The molecular formula is C17H28Cl2N4O3S. The van der Waals surface area contributed by atoms with Crippen molar-refractivity contribution < 1.29 is 13.2 Å². The molecule has 0 bridgehead atoms. The smallest absolute Gasteiger partial charge is 0.243 e. The number of sulfonamides is 1. The summed E-state index contributed by atoms with van der Waals surface area (Å²) in [5, 5.41) is 6.24. The molecule has 1 aromatic carbocycles. The van der Waals surface area contributed by atoms with Gasteiger partial charge in [0.2, 0.25) is 15.9 Å². The van der Waals surface area contributed by atoms with E-state index in [1.54, 1.807) is 12.1 Å². The molecule has 1 amide bonds. The van der Waals surface area contributed by atoms with Gasteiger partial charge in [0.1, 0.15) is 0 Å². The highest BCUT2D eigenvalue weighted by atomic mass is 35.5. The zero-order valence-corrected chi connectivity index (χ0v) is 17.8. The van der Waals surface area contributed by atoms with Crippen molar-refractivity contribution in [3.63, 3.8) is 0 Å². The summed E-state index contributed by atoms with van der Waals surface area (Å²) in [6.07, 6.45) is 0.967. The average Bonchev–Trinajstić information content (AvgIpc) is 3.08. The third-order valence-corrected chi connectivity index (χ3v) is 6.70. The zero-order valence-electron chi connectivity index (χ0n) is 15.4. The zero-order chi connectivity index (χ0) is 17.9. The van der Waals surface area contributed by atoms with Crippen LogP contribution in [0, 0.1) is 6.92 Å². The van der Waals surface area contributed by atoms with Crippen LogP contribution >= 0.6 is 24.8 Å². The Labute approximate surface area is 173 Å². The van der Waals surface area contributed by atoms with Gasteiger partial charge in [0.15, 0.2) is 0 Å². The molecule has 0 saturated carbocycles. The molecule has 1 atom stereocenters. The number of hydrogen-bond acceptors (Lipinski definition) is 5. The molecular weight excluding hydrogens is 411 g/mol. The number of nitrogens with zero attached hydrogens (tertiary/aromatic N) is 2. The number of rotatable bonds is 5. The summed E-state index contributed by atoms with van der Waals surface area (Å²) in [5.74, 6) is 0.0172. The van der Waals surface area contributed by atoms with Crippen molar-refractivity contribution in [1.82, 2.24) is 19.8 Å². The lowest BCUT2D eigenvalue weighted by molar-refractivity contribution is -0.123. The standard InChI is InChI=1S/C17H26N4O3S.2ClH/c1-14-2-4-16(5-3-14)25(23,24)21-10-8-20(9-11-21)13-17(22)19-15-6-7-18-12-15;;/h2-5,15,18H,6-13H2,1H3,(H,19,22);2*1H. The van der Waals surface area contributed by atoms with Crippen LogP contribution in [0.25, 0.3) is 0 Å². The van der Waals surface area contributed by atoms with Gasteiger partial charge in [-0.3, -0.25) is 9.69 Å². The molecule has 0 radical (unpaired) electrons. The first-order valence-corrected chi connectivity index (χ1v) is 10.2. The largest absolute Gasteiger partial charge is 0.351 e. The van der Waals surface area contributed by atoms with Gasteiger partial charge in [-0.25, -0.2) is 8.42 Å². The van der Waals surface area contributed by atoms with E-state index in [4.69, 9.17) is 0 Å². The molecule has 2 fully saturated rings. The minimum Gasteiger partial charge on any atom is -0.351 e. The molecule has 27 heavy (non-hydrogen) atoms. The second-order valence-electron chi connectivity index (χ2n) is 6.75. The normalized spacial score (nSPS) is 21.1. The lowest BCUT2D eigenvalue weighted by Gasteiger charge is -2.33. The lowest BCUT2D eigenvalue weighted by atomic mass is 10.2. The Balaban J connectivity index is 0.00000182. The monoisotopic (exact) mass is 438 g/mol. The average molecular weight is 439 g/mol. The molecule has 154 valence electrons. The first-order valence-electron chi connectivity index (χ1n) is 8.74. The Kier molecular flexibility index (Phi) is 9.47. The van der Waals surface area contributed by atoms with Crippen molar-refractivity contribution in [3.05, 3.63) is 29.8 Å². The summed E-state index contributed by atoms with van der Waals surface area (Å²) in [5.41, 5.74) is 1.03. The van der Waals surface area contributed by atoms with Crippen molar-refractivity contribution in [3.8, 4) is 0 Å². The third kappa shape index (κ3) is 6.30. The van der Waals surface area contributed by atoms with Crippen molar-refractivity contribution in [2.24, 2.45) is 0 Å². The predicted octanol–water partition coefficient (Wildman–Crippen LogP) is 0.623. The second kappa shape index (κ2) is 10.6. The van der Waals surface area contributed by atoms with Crippen molar-refractivity contribution >= 4 is 40.7 Å². The number of benzene rings is 1. The van der Waals surface area contributed by atoms with Crippen LogP contribution < -0.4 is 10.6 Å². The SMILES string of the molecule is Cc1ccc(S(=O)(=O)N2CCN(CC(=O)NC3CCNC3)CC2)cc1.Cl.Cl. The fourth-order valence-corrected chi connectivity index (χ4v) is 4.66. The van der Waals surface area contributed by atoms with Gasteiger partial charge >= 0.3 is 0 Å². The Morgan fingerprint density at radius 1 is 1.15 bits per heavy atom. The van der Waals surface area contributed by atoms with E-state index in [1.165, 1.54) is 4.31 Å². The molecule has 2 saturated heterocycles. The van der Waals surface area contributed by atoms with Gasteiger partial charge < -0.3 is 10.6 Å². The van der Waals surface area contributed by atoms with Crippen LogP contribution in [0.15, 0.2) is 29.2 Å². The van der Waals surface area contributed by atoms with Gasteiger partial charge in [0.25, 0.3) is 0 Å². The third-order valence-electron chi connectivity index (χ3n) is 4.78. The molecule has 0 aliphatic carbocycles. The van der Waals surface area contributed by atoms with E-state index in [9.17, 15) is 13.2 Å². The highest BCUT2D eigenvalue weighted by Gasteiger charge is 2.29. The molecule has 1 aromatic rings. The Morgan fingerprint density at radius 2 is 1.78 bits per heavy atom. The van der Waals surface area contributed by atoms with Crippen LogP contribution in [0.5, 0.6) is 0 Å². The van der Waals surface area contributed by atoms with Crippen LogP contribution in [0.2, 0.25) is 0 Å². The fraction of sp³-hybridized carbons (Fsp3) is 0.588. The Morgan fingerprint density at radius 3 is 2.33 bits per heavy atom. The van der Waals surface area contributed by atoms with E-state index >= 15 is 0 Å². The summed E-state index contributed by atoms with van der Waals surface area (Å²) < 4.78 is 26.9. The van der Waals surface area contributed by atoms with Gasteiger partial charge in [-0.2, -0.15) is 4.31 Å². The molecule has 2 N–H and O–H groups in total. The molecule has 0 aromatic heterocycles. The van der Waals surface area contributed by atoms with Gasteiger partial charge in [0, 0.05) is 38.8 Å².